The minimum atomic E-state index is -3.72. The lowest BCUT2D eigenvalue weighted by Gasteiger charge is -2.36. The van der Waals surface area contributed by atoms with Crippen LogP contribution in [-0.2, 0) is 10.0 Å². The lowest BCUT2D eigenvalue weighted by Crippen LogP contribution is -2.47. The molecule has 168 valence electrons. The molecule has 2 fully saturated rings. The Bertz CT molecular complexity index is 851. The number of nitro groups is 1. The van der Waals surface area contributed by atoms with Gasteiger partial charge in [0.15, 0.2) is 0 Å². The maximum Gasteiger partial charge on any atom is 0.293 e. The van der Waals surface area contributed by atoms with Crippen LogP contribution in [0.15, 0.2) is 23.1 Å². The van der Waals surface area contributed by atoms with E-state index in [0.29, 0.717) is 43.7 Å². The van der Waals surface area contributed by atoms with Crippen molar-refractivity contribution in [2.45, 2.75) is 44.9 Å². The predicted molar refractivity (Wildman–Crippen MR) is 118 cm³/mol. The molecular formula is C21H34N4O4S. The molecule has 1 aromatic carbocycles. The van der Waals surface area contributed by atoms with Crippen molar-refractivity contribution in [3.8, 4) is 0 Å². The molecule has 0 N–H and O–H groups in total. The third-order valence-corrected chi connectivity index (χ3v) is 8.00. The Morgan fingerprint density at radius 1 is 1.17 bits per heavy atom. The van der Waals surface area contributed by atoms with E-state index in [2.05, 4.69) is 18.7 Å². The third-order valence-electron chi connectivity index (χ3n) is 6.14. The molecule has 3 rings (SSSR count). The number of piperidine rings is 1. The van der Waals surface area contributed by atoms with Gasteiger partial charge >= 0.3 is 0 Å². The van der Waals surface area contributed by atoms with Crippen LogP contribution in [0.2, 0.25) is 0 Å². The molecule has 0 aliphatic carbocycles. The first-order chi connectivity index (χ1) is 14.2. The van der Waals surface area contributed by atoms with Crippen molar-refractivity contribution in [3.05, 3.63) is 28.3 Å². The number of hydrogen-bond acceptors (Lipinski definition) is 6. The number of nitro benzene ring substituents is 1. The van der Waals surface area contributed by atoms with Gasteiger partial charge in [0.25, 0.3) is 5.69 Å². The van der Waals surface area contributed by atoms with Crippen LogP contribution in [0.3, 0.4) is 0 Å². The lowest BCUT2D eigenvalue weighted by atomic mass is 10.0. The average molecular weight is 439 g/mol. The van der Waals surface area contributed by atoms with Gasteiger partial charge in [-0.2, -0.15) is 4.31 Å². The highest BCUT2D eigenvalue weighted by atomic mass is 32.2. The van der Waals surface area contributed by atoms with E-state index in [-0.39, 0.29) is 10.6 Å². The van der Waals surface area contributed by atoms with E-state index in [1.54, 1.807) is 6.07 Å². The number of piperazine rings is 1. The van der Waals surface area contributed by atoms with Crippen LogP contribution in [0.4, 0.5) is 11.4 Å². The molecule has 0 aromatic heterocycles. The van der Waals surface area contributed by atoms with Crippen LogP contribution in [0, 0.1) is 22.0 Å². The first-order valence-corrected chi connectivity index (χ1v) is 12.4. The third kappa shape index (κ3) is 5.31. The quantitative estimate of drug-likeness (QED) is 0.480. The largest absolute Gasteiger partial charge is 0.363 e. The van der Waals surface area contributed by atoms with Gasteiger partial charge in [-0.3, -0.25) is 15.0 Å². The topological polar surface area (TPSA) is 87.0 Å². The number of benzene rings is 1. The van der Waals surface area contributed by atoms with E-state index >= 15 is 0 Å². The van der Waals surface area contributed by atoms with Crippen LogP contribution in [-0.4, -0.2) is 68.4 Å². The van der Waals surface area contributed by atoms with Crippen LogP contribution in [0.1, 0.15) is 40.0 Å². The summed E-state index contributed by atoms with van der Waals surface area (Å²) in [6, 6.07) is 4.39. The molecule has 30 heavy (non-hydrogen) atoms. The molecule has 0 bridgehead atoms. The van der Waals surface area contributed by atoms with Gasteiger partial charge in [0.2, 0.25) is 10.0 Å². The van der Waals surface area contributed by atoms with E-state index in [4.69, 9.17) is 0 Å². The summed E-state index contributed by atoms with van der Waals surface area (Å²) in [7, 11) is -3.72. The summed E-state index contributed by atoms with van der Waals surface area (Å²) < 4.78 is 27.6. The number of hydrogen-bond donors (Lipinski definition) is 0. The average Bonchev–Trinajstić information content (AvgIpc) is 2.72. The van der Waals surface area contributed by atoms with E-state index in [1.807, 2.05) is 11.8 Å². The van der Waals surface area contributed by atoms with Crippen molar-refractivity contribution < 1.29 is 13.3 Å². The monoisotopic (exact) mass is 438 g/mol. The molecule has 9 heteroatoms. The van der Waals surface area contributed by atoms with Gasteiger partial charge in [0, 0.05) is 45.3 Å². The van der Waals surface area contributed by atoms with Crippen molar-refractivity contribution in [2.75, 3.05) is 50.7 Å². The number of sulfonamides is 1. The molecule has 0 spiro atoms. The van der Waals surface area contributed by atoms with Crippen molar-refractivity contribution in [2.24, 2.45) is 11.8 Å². The van der Waals surface area contributed by atoms with Gasteiger partial charge in [0.1, 0.15) is 5.69 Å². The number of anilines is 1. The molecule has 0 saturated carbocycles. The Morgan fingerprint density at radius 3 is 2.47 bits per heavy atom. The minimum Gasteiger partial charge on any atom is -0.363 e. The van der Waals surface area contributed by atoms with Gasteiger partial charge in [0.05, 0.1) is 9.82 Å². The van der Waals surface area contributed by atoms with E-state index in [1.165, 1.54) is 16.4 Å². The summed E-state index contributed by atoms with van der Waals surface area (Å²) in [5.41, 5.74) is 0.381. The second-order valence-corrected chi connectivity index (χ2v) is 11.0. The molecule has 0 amide bonds. The summed E-state index contributed by atoms with van der Waals surface area (Å²) in [4.78, 5) is 15.7. The summed E-state index contributed by atoms with van der Waals surface area (Å²) in [6.07, 6.45) is 2.97. The highest BCUT2D eigenvalue weighted by Gasteiger charge is 2.32. The van der Waals surface area contributed by atoms with E-state index in [0.717, 1.165) is 38.9 Å². The Morgan fingerprint density at radius 2 is 1.87 bits per heavy atom. The molecule has 8 nitrogen and oxygen atoms in total. The second-order valence-electron chi connectivity index (χ2n) is 9.03. The predicted octanol–water partition coefficient (Wildman–Crippen LogP) is 3.18. The van der Waals surface area contributed by atoms with Gasteiger partial charge in [-0.1, -0.05) is 20.8 Å². The lowest BCUT2D eigenvalue weighted by molar-refractivity contribution is -0.384. The van der Waals surface area contributed by atoms with Crippen molar-refractivity contribution in [3.63, 3.8) is 0 Å². The Labute approximate surface area is 180 Å². The molecule has 2 aliphatic heterocycles. The summed E-state index contributed by atoms with van der Waals surface area (Å²) in [5, 5.41) is 11.8. The summed E-state index contributed by atoms with van der Waals surface area (Å²) in [5.74, 6) is 0.955. The molecule has 1 unspecified atom stereocenters. The Hall–Kier alpha value is -1.71. The van der Waals surface area contributed by atoms with Crippen LogP contribution in [0.5, 0.6) is 0 Å². The fourth-order valence-corrected chi connectivity index (χ4v) is 5.86. The van der Waals surface area contributed by atoms with Crippen LogP contribution >= 0.6 is 0 Å². The molecule has 2 aliphatic rings. The fraction of sp³-hybridized carbons (Fsp3) is 0.714. The molecule has 1 atom stereocenters. The van der Waals surface area contributed by atoms with Gasteiger partial charge < -0.3 is 4.90 Å². The first kappa shape index (κ1) is 23.0. The van der Waals surface area contributed by atoms with Crippen LogP contribution in [0.25, 0.3) is 0 Å². The highest BCUT2D eigenvalue weighted by Crippen LogP contribution is 2.33. The van der Waals surface area contributed by atoms with Crippen molar-refractivity contribution in [1.82, 2.24) is 9.21 Å². The second kappa shape index (κ2) is 9.62. The number of rotatable bonds is 7. The molecular weight excluding hydrogens is 404 g/mol. The van der Waals surface area contributed by atoms with Gasteiger partial charge in [-0.05, 0) is 49.8 Å². The first-order valence-electron chi connectivity index (χ1n) is 10.9. The zero-order valence-electron chi connectivity index (χ0n) is 18.3. The zero-order chi connectivity index (χ0) is 21.9. The molecule has 2 saturated heterocycles. The van der Waals surface area contributed by atoms with Gasteiger partial charge in [-0.25, -0.2) is 8.42 Å². The Kier molecular flexibility index (Phi) is 7.36. The smallest absolute Gasteiger partial charge is 0.293 e. The highest BCUT2D eigenvalue weighted by molar-refractivity contribution is 7.89. The summed E-state index contributed by atoms with van der Waals surface area (Å²) in [6.45, 7) is 11.6. The Balaban J connectivity index is 1.77. The standard InChI is InChI=1S/C21H34N4O4S/c1-17(2)8-10-22-11-13-23(14-12-22)20-7-6-19(15-21(20)25(26)27)30(28,29)24-9-4-5-18(3)16-24/h6-7,15,17-18H,4-5,8-14,16H2,1-3H3. The fourth-order valence-electron chi connectivity index (χ4n) is 4.24. The van der Waals surface area contributed by atoms with Crippen LogP contribution < -0.4 is 4.90 Å². The summed E-state index contributed by atoms with van der Waals surface area (Å²) >= 11 is 0. The SMILES string of the molecule is CC(C)CCN1CCN(c2ccc(S(=O)(=O)N3CCCC(C)C3)cc2[N+](=O)[O-])CC1. The zero-order valence-corrected chi connectivity index (χ0v) is 19.1. The maximum atomic E-state index is 13.0. The molecule has 0 radical (unpaired) electrons. The maximum absolute atomic E-state index is 13.0. The molecule has 2 heterocycles. The number of nitrogens with zero attached hydrogens (tertiary/aromatic N) is 4. The van der Waals surface area contributed by atoms with Crippen molar-refractivity contribution >= 4 is 21.4 Å². The van der Waals surface area contributed by atoms with E-state index < -0.39 is 14.9 Å². The molecule has 1 aromatic rings. The minimum absolute atomic E-state index is 0.0163. The van der Waals surface area contributed by atoms with Gasteiger partial charge in [-0.15, -0.1) is 0 Å². The van der Waals surface area contributed by atoms with Crippen molar-refractivity contribution in [1.29, 1.82) is 0 Å². The normalized spacial score (nSPS) is 21.9. The van der Waals surface area contributed by atoms with E-state index in [9.17, 15) is 18.5 Å².